The van der Waals surface area contributed by atoms with Crippen molar-refractivity contribution in [2.24, 2.45) is 10.7 Å². The highest BCUT2D eigenvalue weighted by molar-refractivity contribution is 14.0. The zero-order chi connectivity index (χ0) is 18.4. The molecule has 0 unspecified atom stereocenters. The Morgan fingerprint density at radius 3 is 2.48 bits per heavy atom. The van der Waals surface area contributed by atoms with Crippen LogP contribution in [0.25, 0.3) is 0 Å². The van der Waals surface area contributed by atoms with Gasteiger partial charge in [-0.1, -0.05) is 17.3 Å². The molecule has 9 heteroatoms. The molecule has 3 rings (SSSR count). The number of nitrogens with two attached hydrogens (primary N) is 1. The van der Waals surface area contributed by atoms with Crippen LogP contribution in [0.3, 0.4) is 0 Å². The third kappa shape index (κ3) is 5.93. The number of carbonyl (C=O) groups is 1. The number of hydrogen-bond donors (Lipinski definition) is 2. The topological polar surface area (TPSA) is 100.0 Å². The highest BCUT2D eigenvalue weighted by atomic mass is 127. The van der Waals surface area contributed by atoms with Crippen molar-refractivity contribution in [1.82, 2.24) is 20.3 Å². The Balaban J connectivity index is 0.00000261. The van der Waals surface area contributed by atoms with E-state index in [9.17, 15) is 4.79 Å². The van der Waals surface area contributed by atoms with Gasteiger partial charge in [0.15, 0.2) is 5.96 Å². The number of piperazine rings is 1. The van der Waals surface area contributed by atoms with Gasteiger partial charge >= 0.3 is 0 Å². The second-order valence-electron chi connectivity index (χ2n) is 6.22. The smallest absolute Gasteiger partial charge is 0.248 e. The van der Waals surface area contributed by atoms with E-state index in [2.05, 4.69) is 25.3 Å². The molecule has 2 heterocycles. The summed E-state index contributed by atoms with van der Waals surface area (Å²) < 4.78 is 4.89. The second kappa shape index (κ2) is 10.3. The highest BCUT2D eigenvalue weighted by Crippen LogP contribution is 2.08. The molecule has 1 amide bonds. The molecule has 1 saturated heterocycles. The van der Waals surface area contributed by atoms with Gasteiger partial charge in [-0.2, -0.15) is 0 Å². The lowest BCUT2D eigenvalue weighted by molar-refractivity contribution is 0.100. The van der Waals surface area contributed by atoms with Crippen molar-refractivity contribution in [3.63, 3.8) is 0 Å². The summed E-state index contributed by atoms with van der Waals surface area (Å²) in [6, 6.07) is 9.18. The van der Waals surface area contributed by atoms with Crippen LogP contribution in [0.5, 0.6) is 0 Å². The van der Waals surface area contributed by atoms with Crippen molar-refractivity contribution in [2.45, 2.75) is 13.1 Å². The molecular formula is C18H25IN6O2. The van der Waals surface area contributed by atoms with Gasteiger partial charge in [-0.05, 0) is 17.7 Å². The number of rotatable bonds is 5. The Labute approximate surface area is 175 Å². The third-order valence-corrected chi connectivity index (χ3v) is 4.45. The quantitative estimate of drug-likeness (QED) is 0.377. The van der Waals surface area contributed by atoms with Crippen molar-refractivity contribution in [3.05, 3.63) is 53.4 Å². The first-order chi connectivity index (χ1) is 12.7. The molecule has 0 aliphatic carbocycles. The maximum atomic E-state index is 11.1. The van der Waals surface area contributed by atoms with Crippen molar-refractivity contribution >= 4 is 35.8 Å². The van der Waals surface area contributed by atoms with E-state index in [-0.39, 0.29) is 24.0 Å². The van der Waals surface area contributed by atoms with Gasteiger partial charge in [0.25, 0.3) is 0 Å². The Hall–Kier alpha value is -2.14. The molecular weight excluding hydrogens is 459 g/mol. The lowest BCUT2D eigenvalue weighted by atomic mass is 10.1. The van der Waals surface area contributed by atoms with Gasteiger partial charge in [0.2, 0.25) is 5.91 Å². The first-order valence-corrected chi connectivity index (χ1v) is 8.61. The van der Waals surface area contributed by atoms with Crippen LogP contribution in [0.15, 0.2) is 46.1 Å². The molecule has 8 nitrogen and oxygen atoms in total. The largest absolute Gasteiger partial charge is 0.366 e. The monoisotopic (exact) mass is 484 g/mol. The Kier molecular flexibility index (Phi) is 8.04. The van der Waals surface area contributed by atoms with Crippen LogP contribution >= 0.6 is 24.0 Å². The molecule has 0 bridgehead atoms. The summed E-state index contributed by atoms with van der Waals surface area (Å²) in [5, 5.41) is 7.34. The van der Waals surface area contributed by atoms with E-state index < -0.39 is 5.91 Å². The molecule has 0 saturated carbocycles. The SMILES string of the molecule is CN=C(NCc1ccc(C(N)=O)cc1)N1CCN(Cc2ccon2)CC1.I. The summed E-state index contributed by atoms with van der Waals surface area (Å²) in [5.41, 5.74) is 7.81. The molecule has 0 spiro atoms. The van der Waals surface area contributed by atoms with Gasteiger partial charge in [0.1, 0.15) is 6.26 Å². The molecule has 1 fully saturated rings. The number of carbonyl (C=O) groups excluding carboxylic acids is 1. The number of amides is 1. The van der Waals surface area contributed by atoms with Gasteiger partial charge in [-0.3, -0.25) is 14.7 Å². The lowest BCUT2D eigenvalue weighted by Crippen LogP contribution is -2.52. The summed E-state index contributed by atoms with van der Waals surface area (Å²) in [5.74, 6) is 0.467. The molecule has 0 radical (unpaired) electrons. The van der Waals surface area contributed by atoms with Gasteiger partial charge in [0, 0.05) is 57.9 Å². The van der Waals surface area contributed by atoms with Crippen LogP contribution in [-0.2, 0) is 13.1 Å². The van der Waals surface area contributed by atoms with Gasteiger partial charge in [-0.15, -0.1) is 24.0 Å². The van der Waals surface area contributed by atoms with E-state index in [4.69, 9.17) is 10.3 Å². The standard InChI is InChI=1S/C18H24N6O2.HI/c1-20-18(21-12-14-2-4-15(5-3-14)17(19)25)24-9-7-23(8-10-24)13-16-6-11-26-22-16;/h2-6,11H,7-10,12-13H2,1H3,(H2,19,25)(H,20,21);1H. The predicted octanol–water partition coefficient (Wildman–Crippen LogP) is 1.28. The molecule has 1 aliphatic rings. The lowest BCUT2D eigenvalue weighted by Gasteiger charge is -2.36. The molecule has 3 N–H and O–H groups in total. The normalized spacial score (nSPS) is 15.3. The van der Waals surface area contributed by atoms with E-state index in [1.165, 1.54) is 0 Å². The van der Waals surface area contributed by atoms with Gasteiger partial charge < -0.3 is 20.5 Å². The molecule has 27 heavy (non-hydrogen) atoms. The summed E-state index contributed by atoms with van der Waals surface area (Å²) in [7, 11) is 1.79. The number of guanidine groups is 1. The van der Waals surface area contributed by atoms with E-state index in [1.54, 1.807) is 25.4 Å². The maximum absolute atomic E-state index is 11.1. The van der Waals surface area contributed by atoms with Crippen LogP contribution in [0.4, 0.5) is 0 Å². The molecule has 0 atom stereocenters. The first kappa shape index (κ1) is 21.2. The number of primary amides is 1. The number of nitrogens with one attached hydrogen (secondary N) is 1. The van der Waals surface area contributed by atoms with Crippen LogP contribution < -0.4 is 11.1 Å². The van der Waals surface area contributed by atoms with Crippen LogP contribution in [0.1, 0.15) is 21.6 Å². The summed E-state index contributed by atoms with van der Waals surface area (Å²) >= 11 is 0. The Morgan fingerprint density at radius 2 is 1.93 bits per heavy atom. The number of hydrogen-bond acceptors (Lipinski definition) is 5. The summed E-state index contributed by atoms with van der Waals surface area (Å²) in [6.45, 7) is 5.14. The number of aromatic nitrogens is 1. The summed E-state index contributed by atoms with van der Waals surface area (Å²) in [6.07, 6.45) is 1.60. The highest BCUT2D eigenvalue weighted by Gasteiger charge is 2.20. The first-order valence-electron chi connectivity index (χ1n) is 8.61. The predicted molar refractivity (Wildman–Crippen MR) is 114 cm³/mol. The minimum Gasteiger partial charge on any atom is -0.366 e. The van der Waals surface area contributed by atoms with Crippen LogP contribution in [0.2, 0.25) is 0 Å². The molecule has 2 aromatic rings. The number of halogens is 1. The van der Waals surface area contributed by atoms with E-state index in [0.717, 1.165) is 49.9 Å². The average Bonchev–Trinajstić information content (AvgIpc) is 3.17. The van der Waals surface area contributed by atoms with E-state index in [1.807, 2.05) is 18.2 Å². The number of nitrogens with zero attached hydrogens (tertiary/aromatic N) is 4. The number of aliphatic imine (C=N–C) groups is 1. The second-order valence-corrected chi connectivity index (χ2v) is 6.22. The van der Waals surface area contributed by atoms with Crippen molar-refractivity contribution < 1.29 is 9.32 Å². The fraction of sp³-hybridized carbons (Fsp3) is 0.389. The Bertz CT molecular complexity index is 740. The van der Waals surface area contributed by atoms with Crippen molar-refractivity contribution in [3.8, 4) is 0 Å². The van der Waals surface area contributed by atoms with Crippen LogP contribution in [-0.4, -0.2) is 60.0 Å². The minimum atomic E-state index is -0.413. The molecule has 1 aliphatic heterocycles. The van der Waals surface area contributed by atoms with Crippen molar-refractivity contribution in [1.29, 1.82) is 0 Å². The van der Waals surface area contributed by atoms with Gasteiger partial charge in [-0.25, -0.2) is 0 Å². The molecule has 1 aromatic carbocycles. The molecule has 146 valence electrons. The Morgan fingerprint density at radius 1 is 1.22 bits per heavy atom. The van der Waals surface area contributed by atoms with E-state index in [0.29, 0.717) is 12.1 Å². The van der Waals surface area contributed by atoms with Crippen LogP contribution in [0, 0.1) is 0 Å². The maximum Gasteiger partial charge on any atom is 0.248 e. The zero-order valence-electron chi connectivity index (χ0n) is 15.3. The fourth-order valence-corrected chi connectivity index (χ4v) is 2.97. The third-order valence-electron chi connectivity index (χ3n) is 4.45. The van der Waals surface area contributed by atoms with E-state index >= 15 is 0 Å². The van der Waals surface area contributed by atoms with Gasteiger partial charge in [0.05, 0.1) is 5.69 Å². The molecule has 1 aromatic heterocycles. The summed E-state index contributed by atoms with van der Waals surface area (Å²) in [4.78, 5) is 20.1. The van der Waals surface area contributed by atoms with Crippen molar-refractivity contribution in [2.75, 3.05) is 33.2 Å². The zero-order valence-corrected chi connectivity index (χ0v) is 17.6. The minimum absolute atomic E-state index is 0. The fourth-order valence-electron chi connectivity index (χ4n) is 2.97. The number of benzene rings is 1. The average molecular weight is 484 g/mol.